The molecule has 2 rings (SSSR count). The molecule has 0 saturated carbocycles. The van der Waals surface area contributed by atoms with Crippen molar-refractivity contribution in [1.29, 1.82) is 0 Å². The number of nitrogens with zero attached hydrogens (tertiary/aromatic N) is 3. The van der Waals surface area contributed by atoms with E-state index < -0.39 is 12.7 Å². The van der Waals surface area contributed by atoms with Crippen molar-refractivity contribution in [2.24, 2.45) is 0 Å². The van der Waals surface area contributed by atoms with E-state index in [0.717, 1.165) is 0 Å². The molecule has 0 spiro atoms. The average Bonchev–Trinajstić information content (AvgIpc) is 2.83. The molecule has 8 heteroatoms. The molecule has 0 N–H and O–H groups in total. The third kappa shape index (κ3) is 2.56. The summed E-state index contributed by atoms with van der Waals surface area (Å²) in [6.07, 6.45) is -2.49. The standard InChI is InChI=1S/C10H11ClF3N3S/c1-2-16(6-10(12,13)14)8-7(5-11)17-3-4-18-9(17)15-8/h3-4H,2,5-6H2,1H3. The maximum absolute atomic E-state index is 12.5. The Balaban J connectivity index is 2.41. The number of aromatic nitrogens is 2. The third-order valence-electron chi connectivity index (χ3n) is 2.52. The average molecular weight is 298 g/mol. The number of fused-ring (bicyclic) bond motifs is 1. The molecule has 0 unspecified atom stereocenters. The largest absolute Gasteiger partial charge is 0.405 e. The highest BCUT2D eigenvalue weighted by molar-refractivity contribution is 7.15. The lowest BCUT2D eigenvalue weighted by Crippen LogP contribution is -2.34. The summed E-state index contributed by atoms with van der Waals surface area (Å²) >= 11 is 7.19. The van der Waals surface area contributed by atoms with Crippen LogP contribution in [-0.4, -0.2) is 28.7 Å². The number of hydrogen-bond acceptors (Lipinski definition) is 3. The SMILES string of the molecule is CCN(CC(F)(F)F)c1nc2sccn2c1CCl. The van der Waals surface area contributed by atoms with Crippen molar-refractivity contribution in [3.05, 3.63) is 17.3 Å². The number of anilines is 1. The van der Waals surface area contributed by atoms with Gasteiger partial charge in [-0.15, -0.1) is 22.9 Å². The van der Waals surface area contributed by atoms with Crippen LogP contribution in [0.4, 0.5) is 19.0 Å². The zero-order valence-corrected chi connectivity index (χ0v) is 11.1. The van der Waals surface area contributed by atoms with Gasteiger partial charge in [0.1, 0.15) is 6.54 Å². The van der Waals surface area contributed by atoms with E-state index in [1.54, 1.807) is 17.5 Å². The van der Waals surface area contributed by atoms with Gasteiger partial charge in [0.15, 0.2) is 10.8 Å². The van der Waals surface area contributed by atoms with Crippen LogP contribution in [0, 0.1) is 0 Å². The Labute approximate surface area is 111 Å². The van der Waals surface area contributed by atoms with Gasteiger partial charge in [0.05, 0.1) is 11.6 Å². The Hall–Kier alpha value is -0.950. The van der Waals surface area contributed by atoms with Gasteiger partial charge in [0, 0.05) is 18.1 Å². The molecule has 18 heavy (non-hydrogen) atoms. The van der Waals surface area contributed by atoms with E-state index in [2.05, 4.69) is 4.98 Å². The molecule has 0 bridgehead atoms. The maximum Gasteiger partial charge on any atom is 0.405 e. The molecular weight excluding hydrogens is 287 g/mol. The quantitative estimate of drug-likeness (QED) is 0.805. The van der Waals surface area contributed by atoms with E-state index in [-0.39, 0.29) is 12.4 Å². The van der Waals surface area contributed by atoms with Gasteiger partial charge in [-0.05, 0) is 6.92 Å². The molecular formula is C10H11ClF3N3S. The van der Waals surface area contributed by atoms with Crippen LogP contribution in [0.2, 0.25) is 0 Å². The zero-order valence-electron chi connectivity index (χ0n) is 9.54. The van der Waals surface area contributed by atoms with Crippen molar-refractivity contribution in [3.8, 4) is 0 Å². The number of alkyl halides is 4. The van der Waals surface area contributed by atoms with Crippen LogP contribution in [0.3, 0.4) is 0 Å². The van der Waals surface area contributed by atoms with Gasteiger partial charge >= 0.3 is 6.18 Å². The van der Waals surface area contributed by atoms with Crippen molar-refractivity contribution in [1.82, 2.24) is 9.38 Å². The van der Waals surface area contributed by atoms with Crippen LogP contribution in [0.25, 0.3) is 4.96 Å². The fourth-order valence-corrected chi connectivity index (χ4v) is 2.73. The first-order valence-electron chi connectivity index (χ1n) is 5.28. The summed E-state index contributed by atoms with van der Waals surface area (Å²) in [7, 11) is 0. The minimum atomic E-state index is -4.25. The molecule has 0 amide bonds. The lowest BCUT2D eigenvalue weighted by atomic mass is 10.4. The van der Waals surface area contributed by atoms with Gasteiger partial charge in [-0.3, -0.25) is 4.40 Å². The molecule has 0 aliphatic rings. The number of imidazole rings is 1. The lowest BCUT2D eigenvalue weighted by molar-refractivity contribution is -0.119. The topological polar surface area (TPSA) is 20.5 Å². The predicted molar refractivity (Wildman–Crippen MR) is 66.6 cm³/mol. The highest BCUT2D eigenvalue weighted by atomic mass is 35.5. The summed E-state index contributed by atoms with van der Waals surface area (Å²) in [4.78, 5) is 6.07. The van der Waals surface area contributed by atoms with Gasteiger partial charge in [0.2, 0.25) is 0 Å². The highest BCUT2D eigenvalue weighted by Crippen LogP contribution is 2.28. The molecule has 2 aromatic rings. The molecule has 0 radical (unpaired) electrons. The van der Waals surface area contributed by atoms with E-state index >= 15 is 0 Å². The van der Waals surface area contributed by atoms with Crippen LogP contribution in [0.1, 0.15) is 12.6 Å². The lowest BCUT2D eigenvalue weighted by Gasteiger charge is -2.22. The minimum Gasteiger partial charge on any atom is -0.346 e. The Kier molecular flexibility index (Phi) is 3.72. The van der Waals surface area contributed by atoms with E-state index in [9.17, 15) is 13.2 Å². The monoisotopic (exact) mass is 297 g/mol. The third-order valence-corrected chi connectivity index (χ3v) is 3.53. The van der Waals surface area contributed by atoms with Crippen LogP contribution >= 0.6 is 22.9 Å². The molecule has 2 aromatic heterocycles. The summed E-state index contributed by atoms with van der Waals surface area (Å²) in [6, 6.07) is 0. The van der Waals surface area contributed by atoms with Crippen LogP contribution in [0.5, 0.6) is 0 Å². The Morgan fingerprint density at radius 1 is 1.50 bits per heavy atom. The molecule has 0 saturated heterocycles. The second kappa shape index (κ2) is 4.97. The van der Waals surface area contributed by atoms with Crippen LogP contribution in [-0.2, 0) is 5.88 Å². The van der Waals surface area contributed by atoms with Crippen molar-refractivity contribution in [2.45, 2.75) is 19.0 Å². The summed E-state index contributed by atoms with van der Waals surface area (Å²) in [5, 5.41) is 1.82. The zero-order chi connectivity index (χ0) is 13.3. The summed E-state index contributed by atoms with van der Waals surface area (Å²) in [5.74, 6) is 0.443. The number of halogens is 4. The molecule has 3 nitrogen and oxygen atoms in total. The van der Waals surface area contributed by atoms with Gasteiger partial charge in [0.25, 0.3) is 0 Å². The first kappa shape index (κ1) is 13.5. The summed E-state index contributed by atoms with van der Waals surface area (Å²) in [5.41, 5.74) is 0.596. The van der Waals surface area contributed by atoms with Crippen LogP contribution < -0.4 is 4.90 Å². The van der Waals surface area contributed by atoms with Crippen molar-refractivity contribution < 1.29 is 13.2 Å². The van der Waals surface area contributed by atoms with Gasteiger partial charge in [-0.2, -0.15) is 13.2 Å². The second-order valence-corrected chi connectivity index (χ2v) is 4.84. The van der Waals surface area contributed by atoms with Gasteiger partial charge in [-0.25, -0.2) is 4.98 Å². The summed E-state index contributed by atoms with van der Waals surface area (Å²) < 4.78 is 39.2. The fourth-order valence-electron chi connectivity index (χ4n) is 1.75. The summed E-state index contributed by atoms with van der Waals surface area (Å²) in [6.45, 7) is 0.879. The molecule has 0 aliphatic carbocycles. The first-order valence-corrected chi connectivity index (χ1v) is 6.69. The van der Waals surface area contributed by atoms with E-state index in [1.807, 2.05) is 5.38 Å². The van der Waals surface area contributed by atoms with E-state index in [0.29, 0.717) is 16.5 Å². The highest BCUT2D eigenvalue weighted by Gasteiger charge is 2.32. The molecule has 0 aliphatic heterocycles. The minimum absolute atomic E-state index is 0.127. The predicted octanol–water partition coefficient (Wildman–Crippen LogP) is 3.52. The van der Waals surface area contributed by atoms with Crippen molar-refractivity contribution >= 4 is 33.7 Å². The molecule has 0 fully saturated rings. The van der Waals surface area contributed by atoms with Gasteiger partial charge < -0.3 is 4.90 Å². The number of hydrogen-bond donors (Lipinski definition) is 0. The molecule has 2 heterocycles. The maximum atomic E-state index is 12.5. The van der Waals surface area contributed by atoms with Gasteiger partial charge in [-0.1, -0.05) is 0 Å². The van der Waals surface area contributed by atoms with E-state index in [1.165, 1.54) is 16.2 Å². The van der Waals surface area contributed by atoms with Crippen LogP contribution in [0.15, 0.2) is 11.6 Å². The first-order chi connectivity index (χ1) is 8.46. The molecule has 0 aromatic carbocycles. The second-order valence-electron chi connectivity index (χ2n) is 3.70. The number of rotatable bonds is 4. The Morgan fingerprint density at radius 2 is 2.22 bits per heavy atom. The Bertz CT molecular complexity index is 534. The molecule has 0 atom stereocenters. The van der Waals surface area contributed by atoms with E-state index in [4.69, 9.17) is 11.6 Å². The van der Waals surface area contributed by atoms with Crippen molar-refractivity contribution in [3.63, 3.8) is 0 Å². The fraction of sp³-hybridized carbons (Fsp3) is 0.500. The smallest absolute Gasteiger partial charge is 0.346 e. The molecule has 100 valence electrons. The normalized spacial score (nSPS) is 12.3. The Morgan fingerprint density at radius 3 is 2.78 bits per heavy atom. The van der Waals surface area contributed by atoms with Crippen molar-refractivity contribution in [2.75, 3.05) is 18.0 Å². The number of thiazole rings is 1.